The van der Waals surface area contributed by atoms with Gasteiger partial charge < -0.3 is 15.4 Å². The number of H-pyrrole nitrogens is 1. The van der Waals surface area contributed by atoms with Crippen molar-refractivity contribution < 1.29 is 14.7 Å². The molecule has 0 aliphatic carbocycles. The van der Waals surface area contributed by atoms with Gasteiger partial charge in [-0.15, -0.1) is 0 Å². The molecule has 1 atom stereocenters. The first-order chi connectivity index (χ1) is 13.0. The van der Waals surface area contributed by atoms with Crippen molar-refractivity contribution in [3.8, 4) is 0 Å². The number of hydrogen-bond donors (Lipinski definition) is 3. The predicted molar refractivity (Wildman–Crippen MR) is 98.7 cm³/mol. The number of hydrogen-bond acceptors (Lipinski definition) is 4. The summed E-state index contributed by atoms with van der Waals surface area (Å²) in [6.07, 6.45) is 0.0631. The molecule has 0 radical (unpaired) electrons. The van der Waals surface area contributed by atoms with Crippen LogP contribution in [-0.4, -0.2) is 33.1 Å². The summed E-state index contributed by atoms with van der Waals surface area (Å²) < 4.78 is 0.840. The van der Waals surface area contributed by atoms with Gasteiger partial charge >= 0.3 is 11.7 Å². The molecule has 1 heterocycles. The van der Waals surface area contributed by atoms with Gasteiger partial charge in [0.05, 0.1) is 10.9 Å². The van der Waals surface area contributed by atoms with E-state index in [0.29, 0.717) is 5.52 Å². The molecule has 0 bridgehead atoms. The molecule has 1 aromatic heterocycles. The Balaban J connectivity index is 2.11. The molecule has 3 aromatic rings. The molecule has 0 fully saturated rings. The van der Waals surface area contributed by atoms with E-state index in [9.17, 15) is 19.2 Å². The summed E-state index contributed by atoms with van der Waals surface area (Å²) in [6, 6.07) is 14.2. The zero-order valence-corrected chi connectivity index (χ0v) is 14.2. The summed E-state index contributed by atoms with van der Waals surface area (Å²) in [7, 11) is 0. The summed E-state index contributed by atoms with van der Waals surface area (Å²) in [5, 5.41) is 11.3. The highest BCUT2D eigenvalue weighted by Gasteiger charge is 2.25. The van der Waals surface area contributed by atoms with Crippen molar-refractivity contribution in [3.05, 3.63) is 81.0 Å². The summed E-state index contributed by atoms with van der Waals surface area (Å²) in [5.41, 5.74) is -0.244. The summed E-state index contributed by atoms with van der Waals surface area (Å²) in [6.45, 7) is -0.607. The van der Waals surface area contributed by atoms with E-state index in [1.165, 1.54) is 0 Å². The first-order valence-corrected chi connectivity index (χ1v) is 8.24. The van der Waals surface area contributed by atoms with Crippen LogP contribution in [0.15, 0.2) is 64.2 Å². The van der Waals surface area contributed by atoms with Crippen molar-refractivity contribution >= 4 is 22.8 Å². The van der Waals surface area contributed by atoms with E-state index in [1.54, 1.807) is 54.6 Å². The third kappa shape index (κ3) is 3.95. The largest absolute Gasteiger partial charge is 0.480 e. The van der Waals surface area contributed by atoms with Gasteiger partial charge in [-0.3, -0.25) is 14.4 Å². The molecule has 1 amide bonds. The average molecular weight is 367 g/mol. The highest BCUT2D eigenvalue weighted by atomic mass is 16.4. The van der Waals surface area contributed by atoms with Crippen molar-refractivity contribution in [1.29, 1.82) is 0 Å². The highest BCUT2D eigenvalue weighted by Crippen LogP contribution is 2.13. The number of nitrogens with one attached hydrogen (secondary N) is 2. The van der Waals surface area contributed by atoms with Gasteiger partial charge in [0.1, 0.15) is 12.6 Å². The van der Waals surface area contributed by atoms with Crippen molar-refractivity contribution in [3.63, 3.8) is 0 Å². The Bertz CT molecular complexity index is 1100. The maximum atomic E-state index is 12.9. The van der Waals surface area contributed by atoms with Crippen LogP contribution in [0.4, 0.5) is 0 Å². The maximum Gasteiger partial charge on any atom is 0.329 e. The van der Waals surface area contributed by atoms with Crippen molar-refractivity contribution in [1.82, 2.24) is 14.9 Å². The fraction of sp³-hybridized carbons (Fsp3) is 0.158. The van der Waals surface area contributed by atoms with Crippen molar-refractivity contribution in [2.45, 2.75) is 12.5 Å². The Morgan fingerprint density at radius 1 is 1.04 bits per heavy atom. The SMILES string of the molecule is O=C(O)CNC(=O)[C@@H](Cc1ccccc1)n1c(=O)[nH]c2ccccc2c1=O. The smallest absolute Gasteiger partial charge is 0.329 e. The topological polar surface area (TPSA) is 121 Å². The Morgan fingerprint density at radius 3 is 2.41 bits per heavy atom. The number of carbonyl (C=O) groups is 2. The summed E-state index contributed by atoms with van der Waals surface area (Å²) in [5.74, 6) is -1.94. The molecule has 0 spiro atoms. The van der Waals surface area contributed by atoms with Crippen LogP contribution in [0.5, 0.6) is 0 Å². The van der Waals surface area contributed by atoms with Crippen LogP contribution < -0.4 is 16.6 Å². The maximum absolute atomic E-state index is 12.9. The number of fused-ring (bicyclic) bond motifs is 1. The van der Waals surface area contributed by atoms with Crippen molar-refractivity contribution in [2.24, 2.45) is 0 Å². The van der Waals surface area contributed by atoms with E-state index in [4.69, 9.17) is 5.11 Å². The summed E-state index contributed by atoms with van der Waals surface area (Å²) >= 11 is 0. The number of aliphatic carboxylic acids is 1. The normalized spacial score (nSPS) is 11.9. The lowest BCUT2D eigenvalue weighted by Crippen LogP contribution is -2.46. The molecule has 8 heteroatoms. The Labute approximate surface area is 153 Å². The van der Waals surface area contributed by atoms with Crippen LogP contribution in [0, 0.1) is 0 Å². The number of amides is 1. The van der Waals surface area contributed by atoms with Gasteiger partial charge in [-0.1, -0.05) is 42.5 Å². The number of benzene rings is 2. The van der Waals surface area contributed by atoms with E-state index in [2.05, 4.69) is 10.3 Å². The number of rotatable bonds is 6. The molecule has 2 aromatic carbocycles. The molecule has 0 aliphatic heterocycles. The average Bonchev–Trinajstić information content (AvgIpc) is 2.66. The Hall–Kier alpha value is -3.68. The van der Waals surface area contributed by atoms with Crippen LogP contribution in [0.2, 0.25) is 0 Å². The molecule has 3 N–H and O–H groups in total. The van der Waals surface area contributed by atoms with Crippen LogP contribution >= 0.6 is 0 Å². The zero-order chi connectivity index (χ0) is 19.4. The molecule has 27 heavy (non-hydrogen) atoms. The third-order valence-corrected chi connectivity index (χ3v) is 4.14. The third-order valence-electron chi connectivity index (χ3n) is 4.14. The number of carboxylic acid groups (broad SMARTS) is 1. The highest BCUT2D eigenvalue weighted by molar-refractivity contribution is 5.85. The second kappa shape index (κ2) is 7.69. The lowest BCUT2D eigenvalue weighted by atomic mass is 10.0. The molecule has 0 unspecified atom stereocenters. The fourth-order valence-electron chi connectivity index (χ4n) is 2.88. The predicted octanol–water partition coefficient (Wildman–Crippen LogP) is 0.674. The number of aromatic amines is 1. The second-order valence-electron chi connectivity index (χ2n) is 5.97. The molecule has 8 nitrogen and oxygen atoms in total. The summed E-state index contributed by atoms with van der Waals surface area (Å²) in [4.78, 5) is 51.4. The Morgan fingerprint density at radius 2 is 1.70 bits per heavy atom. The van der Waals surface area contributed by atoms with Gasteiger partial charge in [-0.05, 0) is 17.7 Å². The standard InChI is InChI=1S/C19H17N3O5/c23-16(24)11-20-17(25)15(10-12-6-2-1-3-7-12)22-18(26)13-8-4-5-9-14(13)21-19(22)27/h1-9,15H,10-11H2,(H,20,25)(H,21,27)(H,23,24)/t15-/m1/s1. The van der Waals surface area contributed by atoms with E-state index in [1.807, 2.05) is 0 Å². The minimum absolute atomic E-state index is 0.0631. The number of nitrogens with zero attached hydrogens (tertiary/aromatic N) is 1. The number of carboxylic acids is 1. The fourth-order valence-corrected chi connectivity index (χ4v) is 2.88. The van der Waals surface area contributed by atoms with E-state index < -0.39 is 35.7 Å². The number of para-hydroxylation sites is 1. The Kier molecular flexibility index (Phi) is 5.16. The second-order valence-corrected chi connectivity index (χ2v) is 5.97. The lowest BCUT2D eigenvalue weighted by molar-refractivity contribution is -0.138. The van der Waals surface area contributed by atoms with Crippen LogP contribution in [0.1, 0.15) is 11.6 Å². The molecular weight excluding hydrogens is 350 g/mol. The minimum Gasteiger partial charge on any atom is -0.480 e. The lowest BCUT2D eigenvalue weighted by Gasteiger charge is -2.18. The van der Waals surface area contributed by atoms with Gasteiger partial charge in [-0.25, -0.2) is 9.36 Å². The number of carbonyl (C=O) groups excluding carboxylic acids is 1. The van der Waals surface area contributed by atoms with Gasteiger partial charge in [0.2, 0.25) is 5.91 Å². The minimum atomic E-state index is -1.22. The first-order valence-electron chi connectivity index (χ1n) is 8.24. The number of aromatic nitrogens is 2. The van der Waals surface area contributed by atoms with Gasteiger partial charge in [0.25, 0.3) is 5.56 Å². The molecule has 0 aliphatic rings. The van der Waals surface area contributed by atoms with E-state index >= 15 is 0 Å². The van der Waals surface area contributed by atoms with Gasteiger partial charge in [0, 0.05) is 6.42 Å². The molecular formula is C19H17N3O5. The zero-order valence-electron chi connectivity index (χ0n) is 14.2. The van der Waals surface area contributed by atoms with E-state index in [-0.39, 0.29) is 11.8 Å². The monoisotopic (exact) mass is 367 g/mol. The van der Waals surface area contributed by atoms with Crippen LogP contribution in [-0.2, 0) is 16.0 Å². The molecule has 138 valence electrons. The molecule has 0 saturated carbocycles. The van der Waals surface area contributed by atoms with Gasteiger partial charge in [-0.2, -0.15) is 0 Å². The quantitative estimate of drug-likeness (QED) is 0.591. The van der Waals surface area contributed by atoms with Crippen LogP contribution in [0.25, 0.3) is 10.9 Å². The van der Waals surface area contributed by atoms with Crippen molar-refractivity contribution in [2.75, 3.05) is 6.54 Å². The van der Waals surface area contributed by atoms with Gasteiger partial charge in [0.15, 0.2) is 0 Å². The van der Waals surface area contributed by atoms with Crippen LogP contribution in [0.3, 0.4) is 0 Å². The molecule has 0 saturated heterocycles. The first kappa shape index (κ1) is 18.1. The molecule has 3 rings (SSSR count). The van der Waals surface area contributed by atoms with E-state index in [0.717, 1.165) is 10.1 Å².